The lowest BCUT2D eigenvalue weighted by molar-refractivity contribution is -0.142. The number of aliphatic carboxylic acids is 1. The first-order valence-corrected chi connectivity index (χ1v) is 6.40. The Bertz CT molecular complexity index is 426. The zero-order chi connectivity index (χ0) is 13.7. The summed E-state index contributed by atoms with van der Waals surface area (Å²) in [5.74, 6) is -1.29. The summed E-state index contributed by atoms with van der Waals surface area (Å²) in [6, 6.07) is -1.21. The van der Waals surface area contributed by atoms with E-state index < -0.39 is 12.0 Å². The van der Waals surface area contributed by atoms with Crippen LogP contribution in [0.3, 0.4) is 0 Å². The van der Waals surface area contributed by atoms with E-state index in [0.29, 0.717) is 5.69 Å². The van der Waals surface area contributed by atoms with Crippen molar-refractivity contribution in [2.45, 2.75) is 37.8 Å². The SMILES string of the molecule is O=C(N[C@@H](Cc1cnc[nH]1)C(=O)O)C1CCCCN1. The van der Waals surface area contributed by atoms with Gasteiger partial charge in [0.15, 0.2) is 0 Å². The molecule has 0 aliphatic carbocycles. The van der Waals surface area contributed by atoms with Crippen molar-refractivity contribution in [3.63, 3.8) is 0 Å². The fourth-order valence-electron chi connectivity index (χ4n) is 2.16. The summed E-state index contributed by atoms with van der Waals surface area (Å²) in [7, 11) is 0. The van der Waals surface area contributed by atoms with E-state index in [2.05, 4.69) is 20.6 Å². The maximum absolute atomic E-state index is 12.0. The molecule has 1 unspecified atom stereocenters. The summed E-state index contributed by atoms with van der Waals surface area (Å²) in [5.41, 5.74) is 0.685. The molecule has 1 fully saturated rings. The second-order valence-electron chi connectivity index (χ2n) is 4.68. The van der Waals surface area contributed by atoms with E-state index in [9.17, 15) is 9.59 Å². The highest BCUT2D eigenvalue weighted by atomic mass is 16.4. The molecule has 2 rings (SSSR count). The Morgan fingerprint density at radius 3 is 2.95 bits per heavy atom. The van der Waals surface area contributed by atoms with Gasteiger partial charge < -0.3 is 20.7 Å². The third-order valence-electron chi connectivity index (χ3n) is 3.22. The number of carbonyl (C=O) groups is 2. The molecule has 1 amide bonds. The summed E-state index contributed by atoms with van der Waals surface area (Å²) >= 11 is 0. The number of nitrogens with zero attached hydrogens (tertiary/aromatic N) is 1. The normalized spacial score (nSPS) is 20.7. The van der Waals surface area contributed by atoms with Crippen LogP contribution in [-0.4, -0.2) is 45.6 Å². The van der Waals surface area contributed by atoms with E-state index in [1.54, 1.807) is 6.20 Å². The maximum Gasteiger partial charge on any atom is 0.326 e. The molecule has 0 bridgehead atoms. The molecule has 7 heteroatoms. The minimum atomic E-state index is -1.04. The van der Waals surface area contributed by atoms with Gasteiger partial charge in [0.05, 0.1) is 12.4 Å². The minimum Gasteiger partial charge on any atom is -0.480 e. The van der Waals surface area contributed by atoms with Gasteiger partial charge in [-0.2, -0.15) is 0 Å². The van der Waals surface area contributed by atoms with E-state index in [0.717, 1.165) is 25.8 Å². The van der Waals surface area contributed by atoms with Gasteiger partial charge in [-0.05, 0) is 19.4 Å². The molecule has 1 aliphatic rings. The molecule has 0 radical (unpaired) electrons. The summed E-state index contributed by atoms with van der Waals surface area (Å²) in [5, 5.41) is 14.8. The number of rotatable bonds is 5. The third-order valence-corrected chi connectivity index (χ3v) is 3.22. The van der Waals surface area contributed by atoms with Crippen LogP contribution in [0.15, 0.2) is 12.5 Å². The maximum atomic E-state index is 12.0. The van der Waals surface area contributed by atoms with E-state index in [1.165, 1.54) is 6.33 Å². The van der Waals surface area contributed by atoms with Crippen LogP contribution in [0, 0.1) is 0 Å². The van der Waals surface area contributed by atoms with Crippen LogP contribution in [0.4, 0.5) is 0 Å². The quantitative estimate of drug-likeness (QED) is 0.583. The van der Waals surface area contributed by atoms with Crippen molar-refractivity contribution >= 4 is 11.9 Å². The van der Waals surface area contributed by atoms with Gasteiger partial charge in [-0.3, -0.25) is 4.79 Å². The van der Waals surface area contributed by atoms with Crippen molar-refractivity contribution in [1.29, 1.82) is 0 Å². The number of amides is 1. The average molecular weight is 266 g/mol. The Morgan fingerprint density at radius 2 is 2.37 bits per heavy atom. The zero-order valence-electron chi connectivity index (χ0n) is 10.6. The lowest BCUT2D eigenvalue weighted by atomic mass is 10.0. The Balaban J connectivity index is 1.92. The molecular formula is C12H18N4O3. The Labute approximate surface area is 110 Å². The largest absolute Gasteiger partial charge is 0.480 e. The minimum absolute atomic E-state index is 0.202. The van der Waals surface area contributed by atoms with Gasteiger partial charge in [-0.25, -0.2) is 9.78 Å². The molecule has 1 aliphatic heterocycles. The molecule has 7 nitrogen and oxygen atoms in total. The first kappa shape index (κ1) is 13.5. The molecule has 2 heterocycles. The van der Waals surface area contributed by atoms with Crippen LogP contribution in [-0.2, 0) is 16.0 Å². The fourth-order valence-corrected chi connectivity index (χ4v) is 2.16. The second-order valence-corrected chi connectivity index (χ2v) is 4.68. The summed E-state index contributed by atoms with van der Waals surface area (Å²) < 4.78 is 0. The van der Waals surface area contributed by atoms with Gasteiger partial charge in [-0.1, -0.05) is 6.42 Å². The van der Waals surface area contributed by atoms with Crippen molar-refractivity contribution in [1.82, 2.24) is 20.6 Å². The number of carboxylic acids is 1. The number of nitrogens with one attached hydrogen (secondary N) is 3. The molecule has 0 aromatic carbocycles. The standard InChI is InChI=1S/C12H18N4O3/c17-11(9-3-1-2-4-14-9)16-10(12(18)19)5-8-6-13-7-15-8/h6-7,9-10,14H,1-5H2,(H,13,15)(H,16,17)(H,18,19)/t9?,10-/m0/s1. The van der Waals surface area contributed by atoms with Gasteiger partial charge >= 0.3 is 5.97 Å². The van der Waals surface area contributed by atoms with Crippen LogP contribution < -0.4 is 10.6 Å². The molecule has 1 saturated heterocycles. The van der Waals surface area contributed by atoms with Gasteiger partial charge in [0.1, 0.15) is 6.04 Å². The highest BCUT2D eigenvalue weighted by Crippen LogP contribution is 2.08. The lowest BCUT2D eigenvalue weighted by Gasteiger charge is -2.24. The number of hydrogen-bond acceptors (Lipinski definition) is 4. The third kappa shape index (κ3) is 3.78. The predicted octanol–water partition coefficient (Wildman–Crippen LogP) is -0.336. The zero-order valence-corrected chi connectivity index (χ0v) is 10.6. The topological polar surface area (TPSA) is 107 Å². The highest BCUT2D eigenvalue weighted by Gasteiger charge is 2.26. The number of aromatic amines is 1. The first-order chi connectivity index (χ1) is 9.16. The molecule has 0 saturated carbocycles. The van der Waals surface area contributed by atoms with Gasteiger partial charge in [0.2, 0.25) is 5.91 Å². The Morgan fingerprint density at radius 1 is 1.53 bits per heavy atom. The van der Waals surface area contributed by atoms with E-state index >= 15 is 0 Å². The van der Waals surface area contributed by atoms with E-state index in [-0.39, 0.29) is 18.4 Å². The fraction of sp³-hybridized carbons (Fsp3) is 0.583. The van der Waals surface area contributed by atoms with Crippen LogP contribution in [0.5, 0.6) is 0 Å². The van der Waals surface area contributed by atoms with Gasteiger partial charge in [0.25, 0.3) is 0 Å². The number of carboxylic acid groups (broad SMARTS) is 1. The monoisotopic (exact) mass is 266 g/mol. The van der Waals surface area contributed by atoms with Gasteiger partial charge in [-0.15, -0.1) is 0 Å². The Kier molecular flexibility index (Phi) is 4.51. The van der Waals surface area contributed by atoms with Crippen molar-refractivity contribution in [2.75, 3.05) is 6.54 Å². The highest BCUT2D eigenvalue weighted by molar-refractivity contribution is 5.87. The molecule has 0 spiro atoms. The van der Waals surface area contributed by atoms with Crippen molar-refractivity contribution in [2.24, 2.45) is 0 Å². The molecule has 1 aromatic heterocycles. The Hall–Kier alpha value is -1.89. The molecule has 19 heavy (non-hydrogen) atoms. The molecule has 1 aromatic rings. The molecule has 2 atom stereocenters. The average Bonchev–Trinajstić information content (AvgIpc) is 2.91. The number of piperidine rings is 1. The van der Waals surface area contributed by atoms with Gasteiger partial charge in [0, 0.05) is 18.3 Å². The summed E-state index contributed by atoms with van der Waals surface area (Å²) in [4.78, 5) is 29.8. The number of aromatic nitrogens is 2. The van der Waals surface area contributed by atoms with E-state index in [1.807, 2.05) is 0 Å². The van der Waals surface area contributed by atoms with Crippen molar-refractivity contribution in [3.8, 4) is 0 Å². The van der Waals surface area contributed by atoms with E-state index in [4.69, 9.17) is 5.11 Å². The molecular weight excluding hydrogens is 248 g/mol. The van der Waals surface area contributed by atoms with Crippen molar-refractivity contribution in [3.05, 3.63) is 18.2 Å². The van der Waals surface area contributed by atoms with Crippen LogP contribution in [0.2, 0.25) is 0 Å². The molecule has 4 N–H and O–H groups in total. The number of carbonyl (C=O) groups excluding carboxylic acids is 1. The number of imidazole rings is 1. The molecule has 104 valence electrons. The second kappa shape index (κ2) is 6.33. The lowest BCUT2D eigenvalue weighted by Crippen LogP contribution is -2.52. The van der Waals surface area contributed by atoms with Crippen LogP contribution in [0.1, 0.15) is 25.0 Å². The van der Waals surface area contributed by atoms with Crippen LogP contribution >= 0.6 is 0 Å². The first-order valence-electron chi connectivity index (χ1n) is 6.40. The summed E-state index contributed by atoms with van der Waals surface area (Å²) in [6.45, 7) is 0.802. The smallest absolute Gasteiger partial charge is 0.326 e. The number of H-pyrrole nitrogens is 1. The van der Waals surface area contributed by atoms with Crippen LogP contribution in [0.25, 0.3) is 0 Å². The predicted molar refractivity (Wildman–Crippen MR) is 67.5 cm³/mol. The summed E-state index contributed by atoms with van der Waals surface area (Å²) in [6.07, 6.45) is 6.04. The number of hydrogen-bond donors (Lipinski definition) is 4. The van der Waals surface area contributed by atoms with Crippen molar-refractivity contribution < 1.29 is 14.7 Å².